The van der Waals surface area contributed by atoms with Gasteiger partial charge in [-0.05, 0) is 48.5 Å². The number of nitrogens with one attached hydrogen (secondary N) is 1. The number of hydrogen-bond acceptors (Lipinski definition) is 6. The maximum Gasteiger partial charge on any atom is 0.234 e. The fraction of sp³-hybridized carbons (Fsp3) is 0.0870. The number of ether oxygens (including phenoxy) is 2. The molecular weight excluding hydrogens is 448 g/mol. The Balaban J connectivity index is 1.42. The van der Waals surface area contributed by atoms with Crippen molar-refractivity contribution < 1.29 is 14.3 Å². The minimum atomic E-state index is -0.162. The predicted molar refractivity (Wildman–Crippen MR) is 124 cm³/mol. The second-order valence-electron chi connectivity index (χ2n) is 6.89. The van der Waals surface area contributed by atoms with E-state index >= 15 is 0 Å². The fourth-order valence-electron chi connectivity index (χ4n) is 3.29. The molecule has 0 spiro atoms. The molecule has 32 heavy (non-hydrogen) atoms. The third-order valence-electron chi connectivity index (χ3n) is 4.72. The van der Waals surface area contributed by atoms with Gasteiger partial charge in [-0.2, -0.15) is 0 Å². The Morgan fingerprint density at radius 1 is 1.00 bits per heavy atom. The molecule has 160 valence electrons. The third kappa shape index (κ3) is 4.28. The molecule has 3 aromatic carbocycles. The number of rotatable bonds is 6. The van der Waals surface area contributed by atoms with E-state index in [-0.39, 0.29) is 18.5 Å². The number of fused-ring (bicyclic) bond motifs is 1. The van der Waals surface area contributed by atoms with E-state index in [1.807, 2.05) is 53.1 Å². The first-order valence-corrected chi connectivity index (χ1v) is 11.1. The molecular formula is C23H17ClN4O3S. The van der Waals surface area contributed by atoms with E-state index in [1.165, 1.54) is 11.8 Å². The lowest BCUT2D eigenvalue weighted by atomic mass is 10.2. The van der Waals surface area contributed by atoms with Crippen LogP contribution in [-0.2, 0) is 4.79 Å². The number of carbonyl (C=O) groups is 1. The summed E-state index contributed by atoms with van der Waals surface area (Å²) in [4.78, 5) is 12.5. The highest BCUT2D eigenvalue weighted by molar-refractivity contribution is 7.99. The van der Waals surface area contributed by atoms with Crippen molar-refractivity contribution in [2.24, 2.45) is 0 Å². The Hall–Kier alpha value is -3.49. The van der Waals surface area contributed by atoms with Gasteiger partial charge in [0.05, 0.1) is 5.75 Å². The van der Waals surface area contributed by atoms with Gasteiger partial charge in [0.2, 0.25) is 12.7 Å². The van der Waals surface area contributed by atoms with Crippen LogP contribution in [-0.4, -0.2) is 33.2 Å². The summed E-state index contributed by atoms with van der Waals surface area (Å²) in [6.45, 7) is 0.201. The molecule has 0 atom stereocenters. The summed E-state index contributed by atoms with van der Waals surface area (Å²) < 4.78 is 12.8. The lowest BCUT2D eigenvalue weighted by Gasteiger charge is -2.11. The zero-order valence-electron chi connectivity index (χ0n) is 16.7. The van der Waals surface area contributed by atoms with Gasteiger partial charge in [0.1, 0.15) is 0 Å². The Morgan fingerprint density at radius 2 is 1.84 bits per heavy atom. The second-order valence-corrected chi connectivity index (χ2v) is 8.27. The van der Waals surface area contributed by atoms with Crippen LogP contribution in [0.3, 0.4) is 0 Å². The number of carbonyl (C=O) groups excluding carboxylic acids is 1. The number of amides is 1. The topological polar surface area (TPSA) is 78.3 Å². The van der Waals surface area contributed by atoms with Crippen LogP contribution in [0.4, 0.5) is 5.69 Å². The lowest BCUT2D eigenvalue weighted by Crippen LogP contribution is -2.14. The van der Waals surface area contributed by atoms with Crippen LogP contribution in [0.15, 0.2) is 78.0 Å². The van der Waals surface area contributed by atoms with Gasteiger partial charge < -0.3 is 14.8 Å². The van der Waals surface area contributed by atoms with Crippen molar-refractivity contribution in [1.82, 2.24) is 14.8 Å². The highest BCUT2D eigenvalue weighted by atomic mass is 35.5. The van der Waals surface area contributed by atoms with E-state index in [1.54, 1.807) is 24.3 Å². The molecule has 1 N–H and O–H groups in total. The normalized spacial score (nSPS) is 12.0. The minimum Gasteiger partial charge on any atom is -0.454 e. The summed E-state index contributed by atoms with van der Waals surface area (Å²) in [7, 11) is 0. The molecule has 0 saturated heterocycles. The van der Waals surface area contributed by atoms with Crippen LogP contribution < -0.4 is 14.8 Å². The molecule has 0 bridgehead atoms. The number of anilines is 1. The third-order valence-corrected chi connectivity index (χ3v) is 5.88. The second kappa shape index (κ2) is 8.94. The largest absolute Gasteiger partial charge is 0.454 e. The van der Waals surface area contributed by atoms with Gasteiger partial charge in [0.25, 0.3) is 0 Å². The van der Waals surface area contributed by atoms with Crippen LogP contribution in [0.25, 0.3) is 17.1 Å². The van der Waals surface area contributed by atoms with Gasteiger partial charge in [-0.25, -0.2) is 0 Å². The summed E-state index contributed by atoms with van der Waals surface area (Å²) >= 11 is 7.29. The summed E-state index contributed by atoms with van der Waals surface area (Å²) in [6.07, 6.45) is 0. The summed E-state index contributed by atoms with van der Waals surface area (Å²) in [6, 6.07) is 22.5. The van der Waals surface area contributed by atoms with E-state index in [0.29, 0.717) is 33.2 Å². The molecule has 9 heteroatoms. The standard InChI is InChI=1S/C23H17ClN4O3S/c24-16-5-4-6-17(12-16)25-21(29)13-32-23-27-26-22(28(23)18-7-2-1-3-8-18)15-9-10-19-20(11-15)31-14-30-19/h1-12H,13-14H2,(H,25,29). The lowest BCUT2D eigenvalue weighted by molar-refractivity contribution is -0.113. The van der Waals surface area contributed by atoms with Crippen LogP contribution in [0.5, 0.6) is 11.5 Å². The van der Waals surface area contributed by atoms with E-state index < -0.39 is 0 Å². The average Bonchev–Trinajstić information content (AvgIpc) is 3.44. The van der Waals surface area contributed by atoms with E-state index in [0.717, 1.165) is 11.3 Å². The van der Waals surface area contributed by atoms with Crippen molar-refractivity contribution in [3.05, 3.63) is 77.8 Å². The van der Waals surface area contributed by atoms with Crippen molar-refractivity contribution in [3.8, 4) is 28.6 Å². The van der Waals surface area contributed by atoms with Crippen molar-refractivity contribution in [2.75, 3.05) is 17.9 Å². The molecule has 1 aliphatic rings. The zero-order chi connectivity index (χ0) is 21.9. The fourth-order valence-corrected chi connectivity index (χ4v) is 4.23. The Morgan fingerprint density at radius 3 is 2.69 bits per heavy atom. The van der Waals surface area contributed by atoms with Gasteiger partial charge in [-0.1, -0.05) is 47.6 Å². The van der Waals surface area contributed by atoms with Gasteiger partial charge in [0, 0.05) is 22.0 Å². The molecule has 1 aromatic heterocycles. The number of nitrogens with zero attached hydrogens (tertiary/aromatic N) is 3. The molecule has 0 saturated carbocycles. The van der Waals surface area contributed by atoms with Crippen molar-refractivity contribution in [3.63, 3.8) is 0 Å². The maximum absolute atomic E-state index is 12.5. The van der Waals surface area contributed by atoms with Crippen molar-refractivity contribution >= 4 is 35.0 Å². The van der Waals surface area contributed by atoms with E-state index in [4.69, 9.17) is 21.1 Å². The maximum atomic E-state index is 12.5. The van der Waals surface area contributed by atoms with Crippen LogP contribution in [0, 0.1) is 0 Å². The molecule has 0 aliphatic carbocycles. The first kappa shape index (κ1) is 20.4. The smallest absolute Gasteiger partial charge is 0.234 e. The van der Waals surface area contributed by atoms with Crippen molar-refractivity contribution in [2.45, 2.75) is 5.16 Å². The summed E-state index contributed by atoms with van der Waals surface area (Å²) in [5.74, 6) is 2.02. The quantitative estimate of drug-likeness (QED) is 0.402. The predicted octanol–water partition coefficient (Wildman–Crippen LogP) is 5.05. The van der Waals surface area contributed by atoms with Gasteiger partial charge in [-0.15, -0.1) is 10.2 Å². The molecule has 1 amide bonds. The highest BCUT2D eigenvalue weighted by Gasteiger charge is 2.20. The Bertz CT molecular complexity index is 1280. The van der Waals surface area contributed by atoms with Gasteiger partial charge >= 0.3 is 0 Å². The number of aromatic nitrogens is 3. The Kier molecular flexibility index (Phi) is 5.70. The monoisotopic (exact) mass is 464 g/mol. The molecule has 7 nitrogen and oxygen atoms in total. The first-order valence-electron chi connectivity index (χ1n) is 9.76. The molecule has 1 aliphatic heterocycles. The summed E-state index contributed by atoms with van der Waals surface area (Å²) in [5.41, 5.74) is 2.37. The first-order chi connectivity index (χ1) is 15.7. The van der Waals surface area contributed by atoms with Crippen molar-refractivity contribution in [1.29, 1.82) is 0 Å². The minimum absolute atomic E-state index is 0.162. The van der Waals surface area contributed by atoms with Crippen LogP contribution in [0.1, 0.15) is 0 Å². The number of halogens is 1. The molecule has 0 unspecified atom stereocenters. The molecule has 0 fully saturated rings. The Labute approximate surface area is 193 Å². The number of benzene rings is 3. The average molecular weight is 465 g/mol. The van der Waals surface area contributed by atoms with E-state index in [2.05, 4.69) is 15.5 Å². The number of thioether (sulfide) groups is 1. The highest BCUT2D eigenvalue weighted by Crippen LogP contribution is 2.37. The number of para-hydroxylation sites is 1. The zero-order valence-corrected chi connectivity index (χ0v) is 18.3. The molecule has 5 rings (SSSR count). The molecule has 0 radical (unpaired) electrons. The van der Waals surface area contributed by atoms with Crippen LogP contribution >= 0.6 is 23.4 Å². The van der Waals surface area contributed by atoms with Gasteiger partial charge in [0.15, 0.2) is 22.5 Å². The van der Waals surface area contributed by atoms with E-state index in [9.17, 15) is 4.79 Å². The molecule has 2 heterocycles. The summed E-state index contributed by atoms with van der Waals surface area (Å²) in [5, 5.41) is 12.8. The number of hydrogen-bond donors (Lipinski definition) is 1. The van der Waals surface area contributed by atoms with Gasteiger partial charge in [-0.3, -0.25) is 9.36 Å². The molecule has 4 aromatic rings. The SMILES string of the molecule is O=C(CSc1nnc(-c2ccc3c(c2)OCO3)n1-c1ccccc1)Nc1cccc(Cl)c1. The van der Waals surface area contributed by atoms with Crippen LogP contribution in [0.2, 0.25) is 5.02 Å².